The molecule has 0 radical (unpaired) electrons. The minimum Gasteiger partial charge on any atom is -0.438 e. The minimum absolute atomic E-state index is 0. The van der Waals surface area contributed by atoms with Crippen LogP contribution >= 0.6 is 0 Å². The third kappa shape index (κ3) is 3.09. The van der Waals surface area contributed by atoms with Gasteiger partial charge in [0, 0.05) is 13.0 Å². The van der Waals surface area contributed by atoms with Crippen molar-refractivity contribution in [2.24, 2.45) is 0 Å². The van der Waals surface area contributed by atoms with Crippen LogP contribution in [-0.2, 0) is 9.63 Å². The molecular formula is C5H6NNaO4. The molecule has 0 aliphatic carbocycles. The molecule has 1 saturated heterocycles. The predicted octanol–water partition coefficient (Wildman–Crippen LogP) is -4.11. The second kappa shape index (κ2) is 4.58. The second-order valence-electron chi connectivity index (χ2n) is 1.94. The number of carbonyl (C=O) groups excluding carboxylic acids is 2. The quantitative estimate of drug-likeness (QED) is 0.372. The van der Waals surface area contributed by atoms with E-state index in [1.807, 2.05) is 0 Å². The summed E-state index contributed by atoms with van der Waals surface area (Å²) in [6.07, 6.45) is -0.686. The molecule has 0 aromatic heterocycles. The van der Waals surface area contributed by atoms with Gasteiger partial charge in [0.15, 0.2) is 0 Å². The van der Waals surface area contributed by atoms with Crippen molar-refractivity contribution < 1.29 is 49.1 Å². The van der Waals surface area contributed by atoms with Crippen molar-refractivity contribution >= 4 is 12.1 Å². The topological polar surface area (TPSA) is 69.7 Å². The van der Waals surface area contributed by atoms with Crippen LogP contribution in [0.3, 0.4) is 0 Å². The molecule has 0 unspecified atom stereocenters. The molecule has 1 aliphatic heterocycles. The minimum atomic E-state index is -1.68. The zero-order valence-corrected chi connectivity index (χ0v) is 8.20. The van der Waals surface area contributed by atoms with Crippen molar-refractivity contribution in [3.8, 4) is 0 Å². The van der Waals surface area contributed by atoms with E-state index in [0.717, 1.165) is 5.06 Å². The Labute approximate surface area is 85.6 Å². The van der Waals surface area contributed by atoms with Gasteiger partial charge in [-0.15, -0.1) is 0 Å². The third-order valence-corrected chi connectivity index (χ3v) is 1.21. The maximum absolute atomic E-state index is 10.6. The molecule has 56 valence electrons. The molecule has 1 heterocycles. The van der Waals surface area contributed by atoms with E-state index in [4.69, 9.17) is 0 Å². The molecule has 1 amide bonds. The van der Waals surface area contributed by atoms with Crippen molar-refractivity contribution in [3.63, 3.8) is 0 Å². The summed E-state index contributed by atoms with van der Waals surface area (Å²) >= 11 is 0. The van der Waals surface area contributed by atoms with Gasteiger partial charge in [-0.1, -0.05) is 0 Å². The Balaban J connectivity index is 0.000001000. The first-order chi connectivity index (χ1) is 4.70. The largest absolute Gasteiger partial charge is 1.00 e. The van der Waals surface area contributed by atoms with Crippen LogP contribution in [0, 0.1) is 0 Å². The first-order valence-corrected chi connectivity index (χ1v) is 2.89. The summed E-state index contributed by atoms with van der Waals surface area (Å²) in [5, 5.41) is 10.6. The van der Waals surface area contributed by atoms with Crippen LogP contribution in [0.2, 0.25) is 0 Å². The van der Waals surface area contributed by atoms with Crippen LogP contribution in [-0.4, -0.2) is 23.7 Å². The maximum atomic E-state index is 10.6. The van der Waals surface area contributed by atoms with Crippen molar-refractivity contribution in [1.29, 1.82) is 0 Å². The number of amides is 1. The number of hydrogen-bond donors (Lipinski definition) is 0. The van der Waals surface area contributed by atoms with E-state index < -0.39 is 6.16 Å². The van der Waals surface area contributed by atoms with E-state index in [0.29, 0.717) is 19.4 Å². The van der Waals surface area contributed by atoms with Crippen LogP contribution in [0.4, 0.5) is 4.79 Å². The Kier molecular flexibility index (Phi) is 4.48. The van der Waals surface area contributed by atoms with Gasteiger partial charge in [0.05, 0.1) is 0 Å². The zero-order chi connectivity index (χ0) is 7.56. The molecule has 0 atom stereocenters. The zero-order valence-electron chi connectivity index (χ0n) is 6.20. The fourth-order valence-corrected chi connectivity index (χ4v) is 0.810. The van der Waals surface area contributed by atoms with E-state index >= 15 is 0 Å². The Bertz CT molecular complexity index is 172. The second-order valence-corrected chi connectivity index (χ2v) is 1.94. The van der Waals surface area contributed by atoms with E-state index in [9.17, 15) is 14.7 Å². The number of hydroxylamine groups is 2. The van der Waals surface area contributed by atoms with E-state index in [1.54, 1.807) is 0 Å². The average molecular weight is 167 g/mol. The summed E-state index contributed by atoms with van der Waals surface area (Å²) in [4.78, 5) is 24.4. The fraction of sp³-hybridized carbons (Fsp3) is 0.600. The first kappa shape index (κ1) is 10.7. The molecule has 1 fully saturated rings. The van der Waals surface area contributed by atoms with Crippen LogP contribution in [0.15, 0.2) is 0 Å². The summed E-state index contributed by atoms with van der Waals surface area (Å²) in [6.45, 7) is 0.340. The molecule has 1 aliphatic rings. The van der Waals surface area contributed by atoms with E-state index in [1.165, 1.54) is 0 Å². The molecule has 0 bridgehead atoms. The third-order valence-electron chi connectivity index (χ3n) is 1.21. The van der Waals surface area contributed by atoms with Gasteiger partial charge in [0.1, 0.15) is 0 Å². The molecule has 1 rings (SSSR count). The van der Waals surface area contributed by atoms with Crippen LogP contribution in [0.5, 0.6) is 0 Å². The van der Waals surface area contributed by atoms with Crippen molar-refractivity contribution in [3.05, 3.63) is 0 Å². The maximum Gasteiger partial charge on any atom is 1.00 e. The Morgan fingerprint density at radius 3 is 2.64 bits per heavy atom. The Morgan fingerprint density at radius 1 is 1.64 bits per heavy atom. The van der Waals surface area contributed by atoms with Gasteiger partial charge in [-0.2, -0.15) is 0 Å². The predicted molar refractivity (Wildman–Crippen MR) is 27.4 cm³/mol. The van der Waals surface area contributed by atoms with Gasteiger partial charge in [-0.05, 0) is 6.42 Å². The van der Waals surface area contributed by atoms with E-state index in [2.05, 4.69) is 4.84 Å². The van der Waals surface area contributed by atoms with Gasteiger partial charge in [0.25, 0.3) is 6.16 Å². The van der Waals surface area contributed by atoms with Gasteiger partial charge in [-0.25, -0.2) is 5.06 Å². The number of rotatable bonds is 1. The van der Waals surface area contributed by atoms with Crippen molar-refractivity contribution in [2.45, 2.75) is 12.8 Å². The number of hydrogen-bond acceptors (Lipinski definition) is 4. The number of nitrogens with zero attached hydrogens (tertiary/aromatic N) is 1. The van der Waals surface area contributed by atoms with Gasteiger partial charge in [-0.3, -0.25) is 4.79 Å². The Hall–Kier alpha value is -0.260. The molecule has 11 heavy (non-hydrogen) atoms. The number of carboxylic acid groups (broad SMARTS) is 1. The molecule has 0 spiro atoms. The normalized spacial score (nSPS) is 16.0. The average Bonchev–Trinajstić information content (AvgIpc) is 2.15. The monoisotopic (exact) mass is 167 g/mol. The SMILES string of the molecule is O=C([O-])ON1CCCC1=O.[Na+]. The molecular weight excluding hydrogens is 161 g/mol. The van der Waals surface area contributed by atoms with Crippen molar-refractivity contribution in [1.82, 2.24) is 5.06 Å². The van der Waals surface area contributed by atoms with Gasteiger partial charge < -0.3 is 14.7 Å². The summed E-state index contributed by atoms with van der Waals surface area (Å²) in [5.74, 6) is -0.302. The fourth-order valence-electron chi connectivity index (χ4n) is 0.810. The Morgan fingerprint density at radius 2 is 2.27 bits per heavy atom. The molecule has 0 aromatic carbocycles. The van der Waals surface area contributed by atoms with Crippen molar-refractivity contribution in [2.75, 3.05) is 6.54 Å². The molecule has 6 heteroatoms. The molecule has 0 saturated carbocycles. The first-order valence-electron chi connectivity index (χ1n) is 2.89. The van der Waals surface area contributed by atoms with Crippen LogP contribution in [0.25, 0.3) is 0 Å². The van der Waals surface area contributed by atoms with Crippen LogP contribution < -0.4 is 34.7 Å². The summed E-state index contributed by atoms with van der Waals surface area (Å²) in [6, 6.07) is 0. The van der Waals surface area contributed by atoms with Gasteiger partial charge in [0.2, 0.25) is 5.91 Å². The molecule has 0 N–H and O–H groups in total. The molecule has 5 nitrogen and oxygen atoms in total. The van der Waals surface area contributed by atoms with E-state index in [-0.39, 0.29) is 35.5 Å². The summed E-state index contributed by atoms with van der Waals surface area (Å²) in [5.41, 5.74) is 0. The smallest absolute Gasteiger partial charge is 0.438 e. The number of carbonyl (C=O) groups is 2. The summed E-state index contributed by atoms with van der Waals surface area (Å²) < 4.78 is 0. The van der Waals surface area contributed by atoms with Crippen LogP contribution in [0.1, 0.15) is 12.8 Å². The van der Waals surface area contributed by atoms with Gasteiger partial charge >= 0.3 is 29.6 Å². The standard InChI is InChI=1S/C5H7NO4.Na/c7-4-2-1-3-6(4)10-5(8)9;/h1-3H2,(H,8,9);/q;+1/p-1. The summed E-state index contributed by atoms with van der Waals surface area (Å²) in [7, 11) is 0. The molecule has 0 aromatic rings.